The second-order valence-electron chi connectivity index (χ2n) is 18.5. The number of ether oxygens (including phenoxy) is 2. The zero-order valence-electron chi connectivity index (χ0n) is 44.7. The number of allylic oxidation sites excluding steroid dienone is 22. The molecular formula is C60H99NO8P+. The molecule has 0 bridgehead atoms. The average Bonchev–Trinajstić information content (AvgIpc) is 3.32. The number of phosphoric acid groups is 1. The normalized spacial score (nSPS) is 14.4. The quantitative estimate of drug-likeness (QED) is 0.0211. The molecule has 0 spiro atoms. The predicted molar refractivity (Wildman–Crippen MR) is 297 cm³/mol. The van der Waals surface area contributed by atoms with E-state index >= 15 is 0 Å². The molecule has 0 heterocycles. The molecule has 0 amide bonds. The van der Waals surface area contributed by atoms with E-state index < -0.39 is 32.5 Å². The van der Waals surface area contributed by atoms with Gasteiger partial charge in [0.05, 0.1) is 27.7 Å². The first-order chi connectivity index (χ1) is 34.0. The van der Waals surface area contributed by atoms with Crippen LogP contribution in [0.4, 0.5) is 0 Å². The van der Waals surface area contributed by atoms with Crippen molar-refractivity contribution in [3.63, 3.8) is 0 Å². The van der Waals surface area contributed by atoms with Gasteiger partial charge in [0.25, 0.3) is 0 Å². The number of unbranched alkanes of at least 4 members (excludes halogenated alkanes) is 11. The highest BCUT2D eigenvalue weighted by atomic mass is 31.2. The molecule has 0 saturated carbocycles. The molecule has 70 heavy (non-hydrogen) atoms. The second kappa shape index (κ2) is 50.1. The van der Waals surface area contributed by atoms with Gasteiger partial charge in [-0.3, -0.25) is 18.6 Å². The fourth-order valence-electron chi connectivity index (χ4n) is 6.57. The van der Waals surface area contributed by atoms with Crippen molar-refractivity contribution >= 4 is 19.8 Å². The summed E-state index contributed by atoms with van der Waals surface area (Å²) in [6.45, 7) is 4.14. The van der Waals surface area contributed by atoms with E-state index in [1.807, 2.05) is 21.1 Å². The van der Waals surface area contributed by atoms with Gasteiger partial charge in [-0.2, -0.15) is 0 Å². The largest absolute Gasteiger partial charge is 0.472 e. The van der Waals surface area contributed by atoms with Gasteiger partial charge in [0.15, 0.2) is 6.10 Å². The molecule has 1 N–H and O–H groups in total. The molecule has 2 unspecified atom stereocenters. The maximum Gasteiger partial charge on any atom is 0.472 e. The van der Waals surface area contributed by atoms with Crippen molar-refractivity contribution in [2.45, 2.75) is 187 Å². The number of esters is 2. The summed E-state index contributed by atoms with van der Waals surface area (Å²) < 4.78 is 34.5. The monoisotopic (exact) mass is 993 g/mol. The molecular weight excluding hydrogens is 894 g/mol. The molecule has 0 aliphatic rings. The SMILES string of the molecule is CC/C=C\C/C=C\C/C=C\C/C=C\C/C=C\C/C=C\C/C=C\CCCCCCCC(=O)OC(COC(=O)CCCCCCCC/C=C\C/C=C\C/C=C\C/C=C\CC)COP(=O)(O)OCC[N+](C)(C)C. The van der Waals surface area contributed by atoms with E-state index in [1.165, 1.54) is 0 Å². The number of rotatable bonds is 47. The van der Waals surface area contributed by atoms with Crippen LogP contribution >= 0.6 is 7.82 Å². The summed E-state index contributed by atoms with van der Waals surface area (Å²) >= 11 is 0. The van der Waals surface area contributed by atoms with Crippen molar-refractivity contribution in [3.05, 3.63) is 134 Å². The van der Waals surface area contributed by atoms with Crippen molar-refractivity contribution in [1.82, 2.24) is 0 Å². The number of quaternary nitrogens is 1. The van der Waals surface area contributed by atoms with Crippen LogP contribution in [0.2, 0.25) is 0 Å². The molecule has 396 valence electrons. The molecule has 2 atom stereocenters. The molecule has 10 heteroatoms. The molecule has 0 aliphatic heterocycles. The van der Waals surface area contributed by atoms with Crippen LogP contribution in [0.1, 0.15) is 181 Å². The van der Waals surface area contributed by atoms with Crippen molar-refractivity contribution in [1.29, 1.82) is 0 Å². The Kier molecular flexibility index (Phi) is 47.3. The third-order valence-electron chi connectivity index (χ3n) is 10.7. The number of likely N-dealkylation sites (N-methyl/N-ethyl adjacent to an activating group) is 1. The van der Waals surface area contributed by atoms with Crippen LogP contribution in [0.25, 0.3) is 0 Å². The maximum absolute atomic E-state index is 12.8. The molecule has 0 aliphatic carbocycles. The van der Waals surface area contributed by atoms with Crippen LogP contribution in [-0.2, 0) is 32.7 Å². The number of hydrogen-bond donors (Lipinski definition) is 1. The van der Waals surface area contributed by atoms with Crippen molar-refractivity contribution in [3.8, 4) is 0 Å². The van der Waals surface area contributed by atoms with Gasteiger partial charge in [-0.25, -0.2) is 4.57 Å². The van der Waals surface area contributed by atoms with Crippen molar-refractivity contribution < 1.29 is 42.1 Å². The van der Waals surface area contributed by atoms with Gasteiger partial charge in [0, 0.05) is 12.8 Å². The molecule has 0 aromatic heterocycles. The summed E-state index contributed by atoms with van der Waals surface area (Å²) in [6.07, 6.45) is 72.2. The summed E-state index contributed by atoms with van der Waals surface area (Å²) in [5.41, 5.74) is 0. The highest BCUT2D eigenvalue weighted by Crippen LogP contribution is 2.43. The second-order valence-corrected chi connectivity index (χ2v) is 19.9. The minimum atomic E-state index is -4.40. The van der Waals surface area contributed by atoms with E-state index in [2.05, 4.69) is 148 Å². The Morgan fingerprint density at radius 3 is 1.14 bits per heavy atom. The molecule has 0 fully saturated rings. The highest BCUT2D eigenvalue weighted by Gasteiger charge is 2.27. The average molecular weight is 993 g/mol. The highest BCUT2D eigenvalue weighted by molar-refractivity contribution is 7.47. The Morgan fingerprint density at radius 2 is 0.771 bits per heavy atom. The zero-order valence-corrected chi connectivity index (χ0v) is 45.6. The predicted octanol–water partition coefficient (Wildman–Crippen LogP) is 16.6. The van der Waals surface area contributed by atoms with Crippen LogP contribution in [0, 0.1) is 0 Å². The first-order valence-electron chi connectivity index (χ1n) is 26.9. The Balaban J connectivity index is 4.34. The summed E-state index contributed by atoms with van der Waals surface area (Å²) in [6, 6.07) is 0. The third-order valence-corrected chi connectivity index (χ3v) is 11.7. The lowest BCUT2D eigenvalue weighted by Gasteiger charge is -2.24. The van der Waals surface area contributed by atoms with Gasteiger partial charge in [-0.15, -0.1) is 0 Å². The summed E-state index contributed by atoms with van der Waals surface area (Å²) in [5, 5.41) is 0. The van der Waals surface area contributed by atoms with E-state index in [-0.39, 0.29) is 26.1 Å². The van der Waals surface area contributed by atoms with E-state index in [0.717, 1.165) is 141 Å². The number of hydrogen-bond acceptors (Lipinski definition) is 7. The van der Waals surface area contributed by atoms with Gasteiger partial charge in [-0.05, 0) is 109 Å². The lowest BCUT2D eigenvalue weighted by atomic mass is 10.1. The van der Waals surface area contributed by atoms with Gasteiger partial charge in [0.1, 0.15) is 19.8 Å². The van der Waals surface area contributed by atoms with Crippen LogP contribution < -0.4 is 0 Å². The summed E-state index contributed by atoms with van der Waals surface area (Å²) in [7, 11) is 1.43. The van der Waals surface area contributed by atoms with Crippen LogP contribution in [-0.4, -0.2) is 74.9 Å². The van der Waals surface area contributed by atoms with E-state index in [9.17, 15) is 19.0 Å². The third kappa shape index (κ3) is 53.5. The van der Waals surface area contributed by atoms with E-state index in [0.29, 0.717) is 23.9 Å². The molecule has 0 saturated heterocycles. The summed E-state index contributed by atoms with van der Waals surface area (Å²) in [4.78, 5) is 35.6. The minimum absolute atomic E-state index is 0.0165. The van der Waals surface area contributed by atoms with Crippen LogP contribution in [0.15, 0.2) is 134 Å². The number of nitrogens with zero attached hydrogens (tertiary/aromatic N) is 1. The van der Waals surface area contributed by atoms with E-state index in [1.54, 1.807) is 0 Å². The first-order valence-corrected chi connectivity index (χ1v) is 28.4. The Labute approximate surface area is 428 Å². The number of carbonyl (C=O) groups excluding carboxylic acids is 2. The number of carbonyl (C=O) groups is 2. The Bertz CT molecular complexity index is 1640. The van der Waals surface area contributed by atoms with E-state index in [4.69, 9.17) is 18.5 Å². The summed E-state index contributed by atoms with van der Waals surface area (Å²) in [5.74, 6) is -0.849. The molecule has 0 rings (SSSR count). The first kappa shape index (κ1) is 66.2. The maximum atomic E-state index is 12.8. The fraction of sp³-hybridized carbons (Fsp3) is 0.600. The van der Waals surface area contributed by atoms with Crippen molar-refractivity contribution in [2.24, 2.45) is 0 Å². The number of phosphoric ester groups is 1. The lowest BCUT2D eigenvalue weighted by Crippen LogP contribution is -2.37. The Morgan fingerprint density at radius 1 is 0.443 bits per heavy atom. The van der Waals surface area contributed by atoms with Crippen molar-refractivity contribution in [2.75, 3.05) is 47.5 Å². The standard InChI is InChI=1S/C60H98NO8P/c1-6-8-10-12-14-16-18-20-22-24-26-27-28-29-30-31-32-33-35-37-39-41-43-45-47-49-51-53-60(63)69-58(57-68-70(64,65)67-55-54-61(3,4)5)56-66-59(62)52-50-48-46-44-42-40-38-36-34-25-23-21-19-17-15-13-11-9-7-2/h8-11,14-17,20-23,26-27,29-30,32-34,36-37,39,58H,6-7,12-13,18-19,24-25,28,31,35,38,40-57H2,1-5H3/p+1/b10-8-,11-9-,16-14-,17-15-,22-20-,23-21-,27-26-,30-29-,33-32-,36-34-,39-37-. The van der Waals surface area contributed by atoms with Crippen LogP contribution in [0.5, 0.6) is 0 Å². The molecule has 9 nitrogen and oxygen atoms in total. The topological polar surface area (TPSA) is 108 Å². The van der Waals surface area contributed by atoms with Gasteiger partial charge < -0.3 is 18.9 Å². The Hall–Kier alpha value is -3.85. The smallest absolute Gasteiger partial charge is 0.462 e. The molecule has 0 aromatic carbocycles. The fourth-order valence-corrected chi connectivity index (χ4v) is 7.31. The molecule has 0 aromatic rings. The van der Waals surface area contributed by atoms with Gasteiger partial charge in [0.2, 0.25) is 0 Å². The minimum Gasteiger partial charge on any atom is -0.462 e. The molecule has 0 radical (unpaired) electrons. The van der Waals surface area contributed by atoms with Gasteiger partial charge in [-0.1, -0.05) is 192 Å². The van der Waals surface area contributed by atoms with Crippen LogP contribution in [0.3, 0.4) is 0 Å². The lowest BCUT2D eigenvalue weighted by molar-refractivity contribution is -0.870. The van der Waals surface area contributed by atoms with Gasteiger partial charge >= 0.3 is 19.8 Å². The zero-order chi connectivity index (χ0) is 51.3.